The predicted molar refractivity (Wildman–Crippen MR) is 66.6 cm³/mol. The van der Waals surface area contributed by atoms with Crippen molar-refractivity contribution in [3.8, 4) is 0 Å². The van der Waals surface area contributed by atoms with Crippen LogP contribution in [0.3, 0.4) is 0 Å². The third-order valence-electron chi connectivity index (χ3n) is 2.08. The Balaban J connectivity index is 0.000000292. The first-order valence-corrected chi connectivity index (χ1v) is 5.28. The topological polar surface area (TPSA) is 0 Å². The van der Waals surface area contributed by atoms with Gasteiger partial charge in [-0.25, -0.2) is 0 Å². The fraction of sp³-hybridized carbons (Fsp3) is 0.385. The van der Waals surface area contributed by atoms with E-state index in [-0.39, 0.29) is 0 Å². The van der Waals surface area contributed by atoms with Gasteiger partial charge in [-0.1, -0.05) is 42.5 Å². The fourth-order valence-electron chi connectivity index (χ4n) is 0.723. The minimum atomic E-state index is 0.884. The van der Waals surface area contributed by atoms with E-state index in [2.05, 4.69) is 50.3 Å². The summed E-state index contributed by atoms with van der Waals surface area (Å²) in [5.41, 5.74) is 2.34. The number of hydrogen-bond donors (Lipinski definition) is 0. The first-order chi connectivity index (χ1) is 6.57. The zero-order valence-corrected chi connectivity index (χ0v) is 9.88. The van der Waals surface area contributed by atoms with Gasteiger partial charge < -0.3 is 0 Å². The van der Waals surface area contributed by atoms with E-state index < -0.39 is 0 Å². The summed E-state index contributed by atoms with van der Waals surface area (Å²) in [6.45, 7) is 10.3. The van der Waals surface area contributed by atoms with Crippen LogP contribution in [0, 0.1) is 0 Å². The average molecular weight is 182 g/mol. The number of rotatable bonds is 2. The van der Waals surface area contributed by atoms with Gasteiger partial charge in [-0.15, -0.1) is 0 Å². The van der Waals surface area contributed by atoms with Crippen molar-refractivity contribution in [2.45, 2.75) is 31.8 Å². The van der Waals surface area contributed by atoms with E-state index in [0.717, 1.165) is 10.2 Å². The van der Waals surface area contributed by atoms with Crippen LogP contribution in [-0.4, -0.2) is 17.7 Å². The molecule has 1 unspecified atom stereocenters. The van der Waals surface area contributed by atoms with E-state index in [1.54, 1.807) is 0 Å². The van der Waals surface area contributed by atoms with Crippen LogP contribution in [0.5, 0.6) is 0 Å². The van der Waals surface area contributed by atoms with Gasteiger partial charge >= 0.3 is 42.6 Å². The van der Waals surface area contributed by atoms with Crippen LogP contribution >= 0.6 is 0 Å². The Hall–Kier alpha value is -0.443. The summed E-state index contributed by atoms with van der Waals surface area (Å²) in [7, 11) is 0. The zero-order valence-electron chi connectivity index (χ0n) is 9.88. The van der Waals surface area contributed by atoms with Crippen molar-refractivity contribution in [2.75, 3.05) is 0 Å². The maximum atomic E-state index is 3.83. The second-order valence-electron chi connectivity index (χ2n) is 3.95. The van der Waals surface area contributed by atoms with Crippen LogP contribution in [0.25, 0.3) is 5.57 Å². The molecule has 1 aromatic carbocycles. The quantitative estimate of drug-likeness (QED) is 0.604. The molecule has 0 radical (unpaired) electrons. The summed E-state index contributed by atoms with van der Waals surface area (Å²) < 4.78 is 0.884. The minimum absolute atomic E-state index is 0.884. The van der Waals surface area contributed by atoms with Crippen LogP contribution in [0.2, 0.25) is 4.59 Å². The van der Waals surface area contributed by atoms with Crippen molar-refractivity contribution < 1.29 is 0 Å². The summed E-state index contributed by atoms with van der Waals surface area (Å²) in [6.07, 6.45) is 1.31. The molecule has 1 atom stereocenters. The molecule has 72 valence electrons. The molecular weight excluding hydrogens is 163 g/mol. The molecule has 0 heterocycles. The molecular formula is C13H19Li. The third-order valence-corrected chi connectivity index (χ3v) is 2.08. The summed E-state index contributed by atoms with van der Waals surface area (Å²) in [5.74, 6) is 0. The molecule has 1 heteroatoms. The second kappa shape index (κ2) is 7.92. The zero-order chi connectivity index (χ0) is 11.0. The summed E-state index contributed by atoms with van der Waals surface area (Å²) in [4.78, 5) is 0. The number of benzene rings is 1. The predicted octanol–water partition coefficient (Wildman–Crippen LogP) is 4.09. The van der Waals surface area contributed by atoms with Gasteiger partial charge in [-0.05, 0) is 12.5 Å². The molecule has 0 nitrogen and oxygen atoms in total. The molecule has 0 aliphatic heterocycles. The van der Waals surface area contributed by atoms with Crippen LogP contribution in [-0.2, 0) is 0 Å². The summed E-state index contributed by atoms with van der Waals surface area (Å²) in [5, 5.41) is 0. The van der Waals surface area contributed by atoms with E-state index in [9.17, 15) is 0 Å². The Bertz CT molecular complexity index is 249. The van der Waals surface area contributed by atoms with E-state index in [1.165, 1.54) is 12.0 Å². The number of allylic oxidation sites excluding steroid dienone is 1. The van der Waals surface area contributed by atoms with Gasteiger partial charge in [0.05, 0.1) is 0 Å². The van der Waals surface area contributed by atoms with E-state index in [1.807, 2.05) is 25.1 Å². The molecule has 0 N–H and O–H groups in total. The van der Waals surface area contributed by atoms with Gasteiger partial charge in [-0.3, -0.25) is 0 Å². The Morgan fingerprint density at radius 1 is 1.36 bits per heavy atom. The summed E-state index contributed by atoms with van der Waals surface area (Å²) >= 11 is 2.22. The van der Waals surface area contributed by atoms with Crippen molar-refractivity contribution in [3.05, 3.63) is 42.5 Å². The van der Waals surface area contributed by atoms with Crippen molar-refractivity contribution in [3.63, 3.8) is 0 Å². The average Bonchev–Trinajstić information content (AvgIpc) is 2.20. The molecule has 1 rings (SSSR count). The molecule has 0 saturated heterocycles. The van der Waals surface area contributed by atoms with Crippen LogP contribution in [0.1, 0.15) is 32.8 Å². The Morgan fingerprint density at radius 3 is 2.00 bits per heavy atom. The molecule has 0 aliphatic rings. The van der Waals surface area contributed by atoms with Gasteiger partial charge in [-0.2, -0.15) is 0 Å². The molecule has 0 amide bonds. The standard InChI is InChI=1S/C9H10.C4H9.Li/c1-8(2)9-6-4-3-5-7-9;1-3-4-2;/h3-7H,1H2,2H3;3H,4H2,1-2H3;. The van der Waals surface area contributed by atoms with Gasteiger partial charge in [0.25, 0.3) is 0 Å². The van der Waals surface area contributed by atoms with Crippen LogP contribution in [0.4, 0.5) is 0 Å². The second-order valence-corrected chi connectivity index (χ2v) is 3.95. The molecule has 0 fully saturated rings. The Kier molecular flexibility index (Phi) is 7.66. The van der Waals surface area contributed by atoms with Crippen molar-refractivity contribution in [2.24, 2.45) is 0 Å². The van der Waals surface area contributed by atoms with Crippen molar-refractivity contribution in [1.82, 2.24) is 0 Å². The van der Waals surface area contributed by atoms with Crippen molar-refractivity contribution >= 4 is 23.3 Å². The number of hydrogen-bond acceptors (Lipinski definition) is 0. The molecule has 0 aliphatic carbocycles. The fourth-order valence-corrected chi connectivity index (χ4v) is 0.723. The maximum absolute atomic E-state index is 3.83. The van der Waals surface area contributed by atoms with E-state index >= 15 is 0 Å². The van der Waals surface area contributed by atoms with Gasteiger partial charge in [0, 0.05) is 0 Å². The SMILES string of the molecule is C=C(C)c1ccccc1.[Li][CH](C)CC. The van der Waals surface area contributed by atoms with E-state index in [4.69, 9.17) is 0 Å². The third kappa shape index (κ3) is 7.01. The molecule has 0 aromatic heterocycles. The van der Waals surface area contributed by atoms with E-state index in [0.29, 0.717) is 0 Å². The molecule has 0 bridgehead atoms. The Morgan fingerprint density at radius 2 is 1.79 bits per heavy atom. The van der Waals surface area contributed by atoms with Gasteiger partial charge in [0.15, 0.2) is 0 Å². The molecule has 14 heavy (non-hydrogen) atoms. The normalized spacial score (nSPS) is 11.2. The molecule has 1 aromatic rings. The Labute approximate surface area is 97.6 Å². The first kappa shape index (κ1) is 13.6. The molecule has 0 spiro atoms. The van der Waals surface area contributed by atoms with Crippen LogP contribution in [0.15, 0.2) is 36.9 Å². The monoisotopic (exact) mass is 182 g/mol. The van der Waals surface area contributed by atoms with Gasteiger partial charge in [0.1, 0.15) is 0 Å². The van der Waals surface area contributed by atoms with Gasteiger partial charge in [0.2, 0.25) is 0 Å². The van der Waals surface area contributed by atoms with Crippen molar-refractivity contribution in [1.29, 1.82) is 0 Å². The van der Waals surface area contributed by atoms with Crippen LogP contribution < -0.4 is 0 Å². The summed E-state index contributed by atoms with van der Waals surface area (Å²) in [6, 6.07) is 10.2. The first-order valence-electron chi connectivity index (χ1n) is 5.28. The molecule has 0 saturated carbocycles.